The summed E-state index contributed by atoms with van der Waals surface area (Å²) < 4.78 is 31.1. The van der Waals surface area contributed by atoms with Crippen LogP contribution in [0.25, 0.3) is 11.3 Å². The van der Waals surface area contributed by atoms with Gasteiger partial charge in [0.15, 0.2) is 5.76 Å². The summed E-state index contributed by atoms with van der Waals surface area (Å²) in [5.41, 5.74) is 1.46. The summed E-state index contributed by atoms with van der Waals surface area (Å²) in [7, 11) is 0. The summed E-state index contributed by atoms with van der Waals surface area (Å²) in [6, 6.07) is 13.0. The Hall–Kier alpha value is -3.02. The van der Waals surface area contributed by atoms with E-state index in [1.165, 1.54) is 30.3 Å². The first-order valence-corrected chi connectivity index (χ1v) is 6.87. The molecule has 4 nitrogen and oxygen atoms in total. The predicted molar refractivity (Wildman–Crippen MR) is 80.6 cm³/mol. The fourth-order valence-corrected chi connectivity index (χ4v) is 2.08. The lowest BCUT2D eigenvalue weighted by Gasteiger charge is -2.03. The number of aromatic nitrogens is 1. The standard InChI is InChI=1S/C17H12F2N2O2/c18-12-6-4-11(5-7-12)16-9-15(21-23-16)10-17(22)20-14-3-1-2-13(19)8-14/h1-9H,10H2,(H,20,22). The third-order valence-corrected chi connectivity index (χ3v) is 3.14. The minimum Gasteiger partial charge on any atom is -0.356 e. The Morgan fingerprint density at radius 3 is 2.57 bits per heavy atom. The quantitative estimate of drug-likeness (QED) is 0.797. The molecule has 116 valence electrons. The van der Waals surface area contributed by atoms with E-state index >= 15 is 0 Å². The Bertz CT molecular complexity index is 829. The van der Waals surface area contributed by atoms with Crippen LogP contribution >= 0.6 is 0 Å². The summed E-state index contributed by atoms with van der Waals surface area (Å²) in [4.78, 5) is 11.9. The number of carbonyl (C=O) groups is 1. The highest BCUT2D eigenvalue weighted by atomic mass is 19.1. The largest absolute Gasteiger partial charge is 0.356 e. The fraction of sp³-hybridized carbons (Fsp3) is 0.0588. The zero-order valence-electron chi connectivity index (χ0n) is 11.9. The van der Waals surface area contributed by atoms with Crippen LogP contribution in [-0.4, -0.2) is 11.1 Å². The van der Waals surface area contributed by atoms with Crippen LogP contribution in [0.1, 0.15) is 5.69 Å². The van der Waals surface area contributed by atoms with Crippen LogP contribution in [0.15, 0.2) is 59.1 Å². The second-order valence-electron chi connectivity index (χ2n) is 4.92. The first kappa shape index (κ1) is 14.9. The zero-order chi connectivity index (χ0) is 16.2. The molecule has 23 heavy (non-hydrogen) atoms. The van der Waals surface area contributed by atoms with E-state index < -0.39 is 5.82 Å². The number of nitrogens with one attached hydrogen (secondary N) is 1. The summed E-state index contributed by atoms with van der Waals surface area (Å²) in [5, 5.41) is 6.39. The highest BCUT2D eigenvalue weighted by Crippen LogP contribution is 2.21. The van der Waals surface area contributed by atoms with Crippen molar-refractivity contribution in [3.05, 3.63) is 71.9 Å². The first-order valence-electron chi connectivity index (χ1n) is 6.87. The normalized spacial score (nSPS) is 10.5. The second-order valence-corrected chi connectivity index (χ2v) is 4.92. The summed E-state index contributed by atoms with van der Waals surface area (Å²) >= 11 is 0. The van der Waals surface area contributed by atoms with Crippen molar-refractivity contribution in [2.75, 3.05) is 5.32 Å². The molecule has 0 fully saturated rings. The van der Waals surface area contributed by atoms with Gasteiger partial charge < -0.3 is 9.84 Å². The molecule has 0 radical (unpaired) electrons. The number of nitrogens with zero attached hydrogens (tertiary/aromatic N) is 1. The molecule has 0 unspecified atom stereocenters. The molecule has 0 bridgehead atoms. The molecular weight excluding hydrogens is 302 g/mol. The maximum atomic E-state index is 13.1. The van der Waals surface area contributed by atoms with Gasteiger partial charge in [-0.25, -0.2) is 8.78 Å². The maximum absolute atomic E-state index is 13.1. The fourth-order valence-electron chi connectivity index (χ4n) is 2.08. The molecule has 0 spiro atoms. The number of hydrogen-bond acceptors (Lipinski definition) is 3. The third kappa shape index (κ3) is 3.79. The van der Waals surface area contributed by atoms with E-state index in [0.717, 1.165) is 0 Å². The Morgan fingerprint density at radius 2 is 1.83 bits per heavy atom. The van der Waals surface area contributed by atoms with E-state index in [1.807, 2.05) is 0 Å². The van der Waals surface area contributed by atoms with E-state index in [-0.39, 0.29) is 18.1 Å². The van der Waals surface area contributed by atoms with Crippen LogP contribution in [-0.2, 0) is 11.2 Å². The number of benzene rings is 2. The molecule has 0 atom stereocenters. The van der Waals surface area contributed by atoms with Gasteiger partial charge in [-0.2, -0.15) is 0 Å². The minimum atomic E-state index is -0.428. The van der Waals surface area contributed by atoms with Crippen molar-refractivity contribution in [3.63, 3.8) is 0 Å². The molecule has 2 aromatic carbocycles. The molecule has 0 aliphatic rings. The summed E-state index contributed by atoms with van der Waals surface area (Å²) in [5.74, 6) is -0.668. The van der Waals surface area contributed by atoms with E-state index in [9.17, 15) is 13.6 Å². The molecule has 6 heteroatoms. The molecule has 1 N–H and O–H groups in total. The number of amides is 1. The SMILES string of the molecule is O=C(Cc1cc(-c2ccc(F)cc2)on1)Nc1cccc(F)c1. The van der Waals surface area contributed by atoms with E-state index in [2.05, 4.69) is 10.5 Å². The van der Waals surface area contributed by atoms with Gasteiger partial charge in [0.1, 0.15) is 11.6 Å². The van der Waals surface area contributed by atoms with Crippen molar-refractivity contribution in [2.45, 2.75) is 6.42 Å². The molecular formula is C17H12F2N2O2. The van der Waals surface area contributed by atoms with Crippen molar-refractivity contribution in [1.29, 1.82) is 0 Å². The van der Waals surface area contributed by atoms with Gasteiger partial charge in [0.05, 0.1) is 12.1 Å². The van der Waals surface area contributed by atoms with E-state index in [4.69, 9.17) is 4.52 Å². The molecule has 3 aromatic rings. The number of carbonyl (C=O) groups excluding carboxylic acids is 1. The van der Waals surface area contributed by atoms with Gasteiger partial charge in [0.2, 0.25) is 5.91 Å². The van der Waals surface area contributed by atoms with Crippen molar-refractivity contribution < 1.29 is 18.1 Å². The predicted octanol–water partition coefficient (Wildman–Crippen LogP) is 3.80. The van der Waals surface area contributed by atoms with Gasteiger partial charge in [-0.1, -0.05) is 11.2 Å². The van der Waals surface area contributed by atoms with Crippen LogP contribution in [0.4, 0.5) is 14.5 Å². The summed E-state index contributed by atoms with van der Waals surface area (Å²) in [6.07, 6.45) is -0.0127. The Balaban J connectivity index is 1.66. The molecule has 1 aromatic heterocycles. The van der Waals surface area contributed by atoms with Crippen molar-refractivity contribution in [2.24, 2.45) is 0 Å². The van der Waals surface area contributed by atoms with Crippen LogP contribution in [0, 0.1) is 11.6 Å². The lowest BCUT2D eigenvalue weighted by molar-refractivity contribution is -0.115. The van der Waals surface area contributed by atoms with Gasteiger partial charge in [-0.3, -0.25) is 4.79 Å². The minimum absolute atomic E-state index is 0.0127. The molecule has 1 amide bonds. The van der Waals surface area contributed by atoms with Crippen LogP contribution in [0.5, 0.6) is 0 Å². The topological polar surface area (TPSA) is 55.1 Å². The number of rotatable bonds is 4. The van der Waals surface area contributed by atoms with Crippen LogP contribution in [0.3, 0.4) is 0 Å². The van der Waals surface area contributed by atoms with Crippen molar-refractivity contribution in [1.82, 2.24) is 5.16 Å². The third-order valence-electron chi connectivity index (χ3n) is 3.14. The second kappa shape index (κ2) is 6.39. The highest BCUT2D eigenvalue weighted by molar-refractivity contribution is 5.92. The number of anilines is 1. The molecule has 0 saturated heterocycles. The zero-order valence-corrected chi connectivity index (χ0v) is 11.9. The Labute approximate surface area is 130 Å². The van der Waals surface area contributed by atoms with Gasteiger partial charge in [-0.05, 0) is 42.5 Å². The molecule has 3 rings (SSSR count). The van der Waals surface area contributed by atoms with Crippen molar-refractivity contribution in [3.8, 4) is 11.3 Å². The first-order chi connectivity index (χ1) is 11.1. The van der Waals surface area contributed by atoms with E-state index in [0.29, 0.717) is 22.7 Å². The molecule has 0 aliphatic carbocycles. The maximum Gasteiger partial charge on any atom is 0.230 e. The van der Waals surface area contributed by atoms with Gasteiger partial charge in [-0.15, -0.1) is 0 Å². The highest BCUT2D eigenvalue weighted by Gasteiger charge is 2.11. The smallest absolute Gasteiger partial charge is 0.230 e. The van der Waals surface area contributed by atoms with Crippen LogP contribution in [0.2, 0.25) is 0 Å². The molecule has 0 aliphatic heterocycles. The Morgan fingerprint density at radius 1 is 1.04 bits per heavy atom. The number of halogens is 2. The Kier molecular flexibility index (Phi) is 4.14. The average Bonchev–Trinajstić information content (AvgIpc) is 2.96. The van der Waals surface area contributed by atoms with E-state index in [1.54, 1.807) is 24.3 Å². The van der Waals surface area contributed by atoms with Crippen LogP contribution < -0.4 is 5.32 Å². The lowest BCUT2D eigenvalue weighted by atomic mass is 10.1. The number of hydrogen-bond donors (Lipinski definition) is 1. The lowest BCUT2D eigenvalue weighted by Crippen LogP contribution is -2.14. The summed E-state index contributed by atoms with van der Waals surface area (Å²) in [6.45, 7) is 0. The molecule has 0 saturated carbocycles. The molecule has 1 heterocycles. The average molecular weight is 314 g/mol. The van der Waals surface area contributed by atoms with Crippen molar-refractivity contribution >= 4 is 11.6 Å². The van der Waals surface area contributed by atoms with Gasteiger partial charge >= 0.3 is 0 Å². The monoisotopic (exact) mass is 314 g/mol. The van der Waals surface area contributed by atoms with Gasteiger partial charge in [0.25, 0.3) is 0 Å². The van der Waals surface area contributed by atoms with Gasteiger partial charge in [0, 0.05) is 17.3 Å².